The Labute approximate surface area is 164 Å². The van der Waals surface area contributed by atoms with Crippen LogP contribution in [0.2, 0.25) is 0 Å². The Morgan fingerprint density at radius 2 is 2.00 bits per heavy atom. The van der Waals surface area contributed by atoms with Crippen LogP contribution in [0.25, 0.3) is 10.2 Å². The summed E-state index contributed by atoms with van der Waals surface area (Å²) in [6.07, 6.45) is 0. The highest BCUT2D eigenvalue weighted by Gasteiger charge is 2.12. The Morgan fingerprint density at radius 3 is 2.71 bits per heavy atom. The lowest BCUT2D eigenvalue weighted by Gasteiger charge is -2.07. The van der Waals surface area contributed by atoms with Gasteiger partial charge in [0.25, 0.3) is 5.91 Å². The summed E-state index contributed by atoms with van der Waals surface area (Å²) in [5.41, 5.74) is 2.69. The minimum atomic E-state index is -0.358. The molecule has 0 unspecified atom stereocenters. The molecule has 0 saturated heterocycles. The number of halogens is 1. The molecule has 4 aromatic rings. The zero-order valence-electron chi connectivity index (χ0n) is 15.2. The number of thiazole rings is 1. The van der Waals surface area contributed by atoms with E-state index in [1.165, 1.54) is 23.5 Å². The van der Waals surface area contributed by atoms with Crippen molar-refractivity contribution in [2.24, 2.45) is 0 Å². The molecule has 1 amide bonds. The van der Waals surface area contributed by atoms with Crippen LogP contribution in [0, 0.1) is 19.7 Å². The first-order valence-corrected chi connectivity index (χ1v) is 9.33. The van der Waals surface area contributed by atoms with Gasteiger partial charge in [0.05, 0.1) is 21.5 Å². The third-order valence-corrected chi connectivity index (χ3v) is 5.20. The molecular weight excluding hydrogens is 381 g/mol. The predicted molar refractivity (Wildman–Crippen MR) is 104 cm³/mol. The molecule has 0 bridgehead atoms. The van der Waals surface area contributed by atoms with Crippen molar-refractivity contribution < 1.29 is 18.4 Å². The Kier molecular flexibility index (Phi) is 4.79. The van der Waals surface area contributed by atoms with E-state index in [4.69, 9.17) is 9.26 Å². The number of nitrogens with one attached hydrogen (secondary N) is 1. The lowest BCUT2D eigenvalue weighted by molar-refractivity contribution is 0.102. The lowest BCUT2D eigenvalue weighted by Crippen LogP contribution is -2.11. The molecule has 28 heavy (non-hydrogen) atoms. The maximum Gasteiger partial charge on any atom is 0.257 e. The normalized spacial score (nSPS) is 11.0. The third kappa shape index (κ3) is 3.72. The van der Waals surface area contributed by atoms with Gasteiger partial charge >= 0.3 is 0 Å². The second kappa shape index (κ2) is 7.40. The minimum absolute atomic E-state index is 0.295. The second-order valence-electron chi connectivity index (χ2n) is 6.20. The van der Waals surface area contributed by atoms with Gasteiger partial charge in [-0.15, -0.1) is 0 Å². The fraction of sp³-hybridized carbons (Fsp3) is 0.150. The third-order valence-electron chi connectivity index (χ3n) is 4.25. The number of benzene rings is 2. The van der Waals surface area contributed by atoms with E-state index in [0.29, 0.717) is 28.6 Å². The van der Waals surface area contributed by atoms with E-state index in [0.717, 1.165) is 21.7 Å². The van der Waals surface area contributed by atoms with Gasteiger partial charge in [0, 0.05) is 11.6 Å². The number of ether oxygens (including phenoxy) is 1. The van der Waals surface area contributed by atoms with E-state index in [9.17, 15) is 9.18 Å². The van der Waals surface area contributed by atoms with Gasteiger partial charge in [0.1, 0.15) is 23.9 Å². The maximum atomic E-state index is 13.3. The summed E-state index contributed by atoms with van der Waals surface area (Å²) < 4.78 is 24.9. The molecule has 0 atom stereocenters. The Morgan fingerprint density at radius 1 is 1.21 bits per heavy atom. The number of anilines is 1. The van der Waals surface area contributed by atoms with Crippen LogP contribution >= 0.6 is 11.3 Å². The van der Waals surface area contributed by atoms with Gasteiger partial charge in [-0.3, -0.25) is 10.1 Å². The number of carbonyl (C=O) groups excluding carboxylic acids is 1. The summed E-state index contributed by atoms with van der Waals surface area (Å²) in [6, 6.07) is 11.1. The number of fused-ring (bicyclic) bond motifs is 1. The molecule has 142 valence electrons. The summed E-state index contributed by atoms with van der Waals surface area (Å²) in [7, 11) is 0. The average molecular weight is 397 g/mol. The van der Waals surface area contributed by atoms with E-state index in [1.54, 1.807) is 30.3 Å². The Hall–Kier alpha value is -3.26. The fourth-order valence-electron chi connectivity index (χ4n) is 2.69. The van der Waals surface area contributed by atoms with Crippen molar-refractivity contribution >= 4 is 32.6 Å². The number of amides is 1. The van der Waals surface area contributed by atoms with Crippen molar-refractivity contribution in [1.82, 2.24) is 10.1 Å². The zero-order chi connectivity index (χ0) is 19.7. The van der Waals surface area contributed by atoms with Crippen LogP contribution < -0.4 is 10.1 Å². The van der Waals surface area contributed by atoms with Crippen LogP contribution in [0.4, 0.5) is 9.52 Å². The number of carbonyl (C=O) groups is 1. The standard InChI is InChI=1S/C20H16FN3O3S/c1-11-16(12(2)27-24-11)10-26-15-6-3-13(4-7-15)19(25)23-20-22-17-9-14(21)5-8-18(17)28-20/h3-9H,10H2,1-2H3,(H,22,23,25). The number of aromatic nitrogens is 2. The molecule has 2 aromatic heterocycles. The van der Waals surface area contributed by atoms with Gasteiger partial charge in [-0.2, -0.15) is 0 Å². The van der Waals surface area contributed by atoms with E-state index < -0.39 is 0 Å². The lowest BCUT2D eigenvalue weighted by atomic mass is 10.2. The average Bonchev–Trinajstić information content (AvgIpc) is 3.22. The molecule has 2 heterocycles. The first-order chi connectivity index (χ1) is 13.5. The van der Waals surface area contributed by atoms with Crippen LogP contribution in [-0.4, -0.2) is 16.0 Å². The second-order valence-corrected chi connectivity index (χ2v) is 7.23. The highest BCUT2D eigenvalue weighted by atomic mass is 32.1. The molecule has 0 fully saturated rings. The molecule has 2 aromatic carbocycles. The van der Waals surface area contributed by atoms with E-state index in [1.807, 2.05) is 13.8 Å². The Bertz CT molecular complexity index is 1130. The van der Waals surface area contributed by atoms with Crippen molar-refractivity contribution in [3.8, 4) is 5.75 Å². The van der Waals surface area contributed by atoms with E-state index in [2.05, 4.69) is 15.5 Å². The van der Waals surface area contributed by atoms with Gasteiger partial charge in [0.15, 0.2) is 5.13 Å². The van der Waals surface area contributed by atoms with Gasteiger partial charge in [-0.25, -0.2) is 9.37 Å². The van der Waals surface area contributed by atoms with Crippen LogP contribution in [-0.2, 0) is 6.61 Å². The van der Waals surface area contributed by atoms with Gasteiger partial charge in [-0.1, -0.05) is 16.5 Å². The summed E-state index contributed by atoms with van der Waals surface area (Å²) in [5, 5.41) is 7.05. The first kappa shape index (κ1) is 18.1. The number of nitrogens with zero attached hydrogens (tertiary/aromatic N) is 2. The van der Waals surface area contributed by atoms with Crippen molar-refractivity contribution in [3.63, 3.8) is 0 Å². The molecule has 1 N–H and O–H groups in total. The molecule has 0 saturated carbocycles. The molecule has 0 aliphatic rings. The molecular formula is C20H16FN3O3S. The summed E-state index contributed by atoms with van der Waals surface area (Å²) >= 11 is 1.29. The monoisotopic (exact) mass is 397 g/mol. The molecule has 0 radical (unpaired) electrons. The summed E-state index contributed by atoms with van der Waals surface area (Å²) in [5.74, 6) is 0.705. The largest absolute Gasteiger partial charge is 0.489 e. The number of rotatable bonds is 5. The highest BCUT2D eigenvalue weighted by molar-refractivity contribution is 7.22. The molecule has 8 heteroatoms. The van der Waals surface area contributed by atoms with Crippen molar-refractivity contribution in [2.75, 3.05) is 5.32 Å². The predicted octanol–water partition coefficient (Wildman–Crippen LogP) is 4.87. The number of hydrogen-bond donors (Lipinski definition) is 1. The highest BCUT2D eigenvalue weighted by Crippen LogP contribution is 2.27. The van der Waals surface area contributed by atoms with Crippen LogP contribution in [0.15, 0.2) is 47.0 Å². The minimum Gasteiger partial charge on any atom is -0.489 e. The van der Waals surface area contributed by atoms with Gasteiger partial charge in [0.2, 0.25) is 0 Å². The SMILES string of the molecule is Cc1noc(C)c1COc1ccc(C(=O)Nc2nc3cc(F)ccc3s2)cc1. The van der Waals surface area contributed by atoms with Crippen LogP contribution in [0.3, 0.4) is 0 Å². The van der Waals surface area contributed by atoms with Gasteiger partial charge < -0.3 is 9.26 Å². The maximum absolute atomic E-state index is 13.3. The quantitative estimate of drug-likeness (QED) is 0.520. The fourth-order valence-corrected chi connectivity index (χ4v) is 3.53. The summed E-state index contributed by atoms with van der Waals surface area (Å²) in [4.78, 5) is 16.7. The zero-order valence-corrected chi connectivity index (χ0v) is 16.0. The van der Waals surface area contributed by atoms with Crippen molar-refractivity contribution in [3.05, 3.63) is 70.9 Å². The van der Waals surface area contributed by atoms with E-state index in [-0.39, 0.29) is 11.7 Å². The van der Waals surface area contributed by atoms with Crippen LogP contribution in [0.1, 0.15) is 27.4 Å². The smallest absolute Gasteiger partial charge is 0.257 e. The number of aryl methyl sites for hydroxylation is 2. The molecule has 0 aliphatic heterocycles. The first-order valence-electron chi connectivity index (χ1n) is 8.51. The number of hydrogen-bond acceptors (Lipinski definition) is 6. The molecule has 0 spiro atoms. The summed E-state index contributed by atoms with van der Waals surface area (Å²) in [6.45, 7) is 4.04. The van der Waals surface area contributed by atoms with Crippen LogP contribution in [0.5, 0.6) is 5.75 Å². The van der Waals surface area contributed by atoms with E-state index >= 15 is 0 Å². The van der Waals surface area contributed by atoms with Crippen molar-refractivity contribution in [1.29, 1.82) is 0 Å². The molecule has 6 nitrogen and oxygen atoms in total. The Balaban J connectivity index is 1.41. The van der Waals surface area contributed by atoms with Crippen molar-refractivity contribution in [2.45, 2.75) is 20.5 Å². The topological polar surface area (TPSA) is 77.2 Å². The molecule has 4 rings (SSSR count). The molecule has 0 aliphatic carbocycles. The van der Waals surface area contributed by atoms with Gasteiger partial charge in [-0.05, 0) is 50.2 Å².